The highest BCUT2D eigenvalue weighted by Gasteiger charge is 2.44. The van der Waals surface area contributed by atoms with Gasteiger partial charge < -0.3 is 30.1 Å². The monoisotopic (exact) mass is 579 g/mol. The Morgan fingerprint density at radius 3 is 2.29 bits per heavy atom. The fourth-order valence-corrected chi connectivity index (χ4v) is 5.96. The second kappa shape index (κ2) is 13.3. The summed E-state index contributed by atoms with van der Waals surface area (Å²) in [6, 6.07) is 13.4. The van der Waals surface area contributed by atoms with Gasteiger partial charge in [0.15, 0.2) is 0 Å². The second-order valence-electron chi connectivity index (χ2n) is 12.1. The molecule has 0 unspecified atom stereocenters. The van der Waals surface area contributed by atoms with Crippen LogP contribution in [0.2, 0.25) is 0 Å². The van der Waals surface area contributed by atoms with Crippen LogP contribution in [-0.4, -0.2) is 65.7 Å². The van der Waals surface area contributed by atoms with Crippen LogP contribution in [0.3, 0.4) is 0 Å². The van der Waals surface area contributed by atoms with Gasteiger partial charge in [0.25, 0.3) is 0 Å². The van der Waals surface area contributed by atoms with Gasteiger partial charge in [-0.2, -0.15) is 0 Å². The van der Waals surface area contributed by atoms with Crippen LogP contribution >= 0.6 is 0 Å². The number of hydrogen-bond donors (Lipinski definition) is 3. The molecule has 1 heterocycles. The van der Waals surface area contributed by atoms with Crippen LogP contribution in [0.4, 0.5) is 10.5 Å². The lowest BCUT2D eigenvalue weighted by molar-refractivity contribution is -0.141. The molecule has 1 aliphatic heterocycles. The maximum Gasteiger partial charge on any atom is 0.407 e. The molecule has 2 fully saturated rings. The van der Waals surface area contributed by atoms with E-state index in [1.165, 1.54) is 25.3 Å². The number of likely N-dealkylation sites (tertiary alicyclic amines) is 1. The Hall–Kier alpha value is -4.08. The molecule has 1 saturated heterocycles. The average molecular weight is 580 g/mol. The van der Waals surface area contributed by atoms with Crippen LogP contribution in [0, 0.1) is 11.8 Å². The number of alkyl carbamates (subject to hydrolysis) is 1. The number of carbonyl (C=O) groups is 4. The molecular formula is C32H41N3O7. The summed E-state index contributed by atoms with van der Waals surface area (Å²) in [6.45, 7) is 6.44. The van der Waals surface area contributed by atoms with Crippen molar-refractivity contribution >= 4 is 29.6 Å². The van der Waals surface area contributed by atoms with Crippen molar-refractivity contribution in [2.75, 3.05) is 25.5 Å². The zero-order valence-electron chi connectivity index (χ0n) is 24.7. The van der Waals surface area contributed by atoms with Gasteiger partial charge in [0.2, 0.25) is 11.8 Å². The number of hydrogen-bond acceptors (Lipinski definition) is 6. The molecule has 0 radical (unpaired) electrons. The minimum absolute atomic E-state index is 0.00720. The third-order valence-electron chi connectivity index (χ3n) is 8.01. The lowest BCUT2D eigenvalue weighted by Crippen LogP contribution is -2.48. The quantitative estimate of drug-likeness (QED) is 0.399. The summed E-state index contributed by atoms with van der Waals surface area (Å²) < 4.78 is 10.5. The number of nitrogens with zero attached hydrogens (tertiary/aromatic N) is 1. The van der Waals surface area contributed by atoms with Crippen molar-refractivity contribution in [1.29, 1.82) is 0 Å². The standard InChI is InChI=1S/C32H41N3O7/c1-32(2,3)42-31(40)33-19-20-10-12-22(13-11-20)29(37)35-17-16-24(21-8-6-5-7-9-21)27(35)28(36)34-23-14-15-25(30(38)39)26(18-23)41-4/h5-9,14-15,18,20,22,24,27H,10-13,16-17,19H2,1-4H3,(H,33,40)(H,34,36)(H,38,39)/t20-,22-,24-,27-/m0/s1. The lowest BCUT2D eigenvalue weighted by Gasteiger charge is -2.34. The summed E-state index contributed by atoms with van der Waals surface area (Å²) >= 11 is 0. The molecule has 2 aliphatic rings. The van der Waals surface area contributed by atoms with E-state index in [-0.39, 0.29) is 40.9 Å². The number of amides is 3. The van der Waals surface area contributed by atoms with Gasteiger partial charge in [-0.1, -0.05) is 30.3 Å². The highest BCUT2D eigenvalue weighted by atomic mass is 16.6. The molecular weight excluding hydrogens is 538 g/mol. The van der Waals surface area contributed by atoms with Crippen molar-refractivity contribution < 1.29 is 33.8 Å². The molecule has 10 heteroatoms. The first-order chi connectivity index (χ1) is 20.0. The summed E-state index contributed by atoms with van der Waals surface area (Å²) in [4.78, 5) is 52.9. The number of ether oxygens (including phenoxy) is 2. The van der Waals surface area contributed by atoms with Crippen molar-refractivity contribution in [1.82, 2.24) is 10.2 Å². The molecule has 0 aromatic heterocycles. The molecule has 226 valence electrons. The first-order valence-electron chi connectivity index (χ1n) is 14.5. The van der Waals surface area contributed by atoms with Gasteiger partial charge in [0.1, 0.15) is 23.0 Å². The van der Waals surface area contributed by atoms with Gasteiger partial charge in [0, 0.05) is 36.7 Å². The molecule has 0 bridgehead atoms. The number of carboxylic acid groups (broad SMARTS) is 1. The number of carboxylic acids is 1. The van der Waals surface area contributed by atoms with Gasteiger partial charge >= 0.3 is 12.1 Å². The van der Waals surface area contributed by atoms with Gasteiger partial charge in [-0.25, -0.2) is 9.59 Å². The Labute approximate surface area is 246 Å². The Bertz CT molecular complexity index is 1280. The molecule has 2 atom stereocenters. The van der Waals surface area contributed by atoms with E-state index in [1.54, 1.807) is 4.90 Å². The van der Waals surface area contributed by atoms with Crippen molar-refractivity contribution in [3.8, 4) is 5.75 Å². The molecule has 2 aromatic carbocycles. The third-order valence-corrected chi connectivity index (χ3v) is 8.01. The van der Waals surface area contributed by atoms with Crippen LogP contribution in [0.15, 0.2) is 48.5 Å². The maximum absolute atomic E-state index is 13.9. The summed E-state index contributed by atoms with van der Waals surface area (Å²) in [5.41, 5.74) is 0.820. The van der Waals surface area contributed by atoms with Crippen molar-refractivity contribution in [3.63, 3.8) is 0 Å². The summed E-state index contributed by atoms with van der Waals surface area (Å²) in [5.74, 6) is -1.44. The van der Waals surface area contributed by atoms with Crippen LogP contribution in [0.25, 0.3) is 0 Å². The SMILES string of the molecule is COc1cc(NC(=O)[C@@H]2[C@H](c3ccccc3)CCN2C(=O)[C@H]2CC[C@H](CNC(=O)OC(C)(C)C)CC2)ccc1C(=O)O. The Morgan fingerprint density at radius 1 is 0.976 bits per heavy atom. The first-order valence-corrected chi connectivity index (χ1v) is 14.5. The van der Waals surface area contributed by atoms with Gasteiger partial charge in [-0.05, 0) is 76.5 Å². The largest absolute Gasteiger partial charge is 0.496 e. The van der Waals surface area contributed by atoms with E-state index in [0.29, 0.717) is 38.0 Å². The molecule has 42 heavy (non-hydrogen) atoms. The minimum atomic E-state index is -1.13. The number of nitrogens with one attached hydrogen (secondary N) is 2. The minimum Gasteiger partial charge on any atom is -0.496 e. The van der Waals surface area contributed by atoms with Crippen LogP contribution in [0.1, 0.15) is 74.7 Å². The van der Waals surface area contributed by atoms with Crippen molar-refractivity contribution in [2.45, 2.75) is 70.4 Å². The van der Waals surface area contributed by atoms with E-state index >= 15 is 0 Å². The molecule has 2 aromatic rings. The summed E-state index contributed by atoms with van der Waals surface area (Å²) in [7, 11) is 1.37. The van der Waals surface area contributed by atoms with Crippen molar-refractivity contribution in [2.24, 2.45) is 11.8 Å². The van der Waals surface area contributed by atoms with Crippen LogP contribution in [-0.2, 0) is 14.3 Å². The number of anilines is 1. The molecule has 10 nitrogen and oxygen atoms in total. The summed E-state index contributed by atoms with van der Waals surface area (Å²) in [5, 5.41) is 15.1. The van der Waals surface area contributed by atoms with Crippen LogP contribution in [0.5, 0.6) is 5.75 Å². The van der Waals surface area contributed by atoms with E-state index in [2.05, 4.69) is 10.6 Å². The lowest BCUT2D eigenvalue weighted by atomic mass is 9.81. The van der Waals surface area contributed by atoms with E-state index in [4.69, 9.17) is 9.47 Å². The van der Waals surface area contributed by atoms with E-state index in [0.717, 1.165) is 18.4 Å². The average Bonchev–Trinajstić information content (AvgIpc) is 3.41. The number of aromatic carboxylic acids is 1. The Balaban J connectivity index is 1.45. The zero-order chi connectivity index (χ0) is 30.4. The molecule has 3 amide bonds. The fraction of sp³-hybridized carbons (Fsp3) is 0.500. The highest BCUT2D eigenvalue weighted by Crippen LogP contribution is 2.38. The van der Waals surface area contributed by atoms with Gasteiger partial charge in [0.05, 0.1) is 7.11 Å². The van der Waals surface area contributed by atoms with Crippen molar-refractivity contribution in [3.05, 3.63) is 59.7 Å². The molecule has 1 saturated carbocycles. The summed E-state index contributed by atoms with van der Waals surface area (Å²) in [6.07, 6.45) is 3.20. The molecule has 4 rings (SSSR count). The molecule has 3 N–H and O–H groups in total. The zero-order valence-corrected chi connectivity index (χ0v) is 24.7. The predicted molar refractivity (Wildman–Crippen MR) is 158 cm³/mol. The topological polar surface area (TPSA) is 134 Å². The second-order valence-corrected chi connectivity index (χ2v) is 12.1. The first kappa shape index (κ1) is 30.9. The molecule has 0 spiro atoms. The third kappa shape index (κ3) is 7.60. The smallest absolute Gasteiger partial charge is 0.407 e. The fourth-order valence-electron chi connectivity index (χ4n) is 5.96. The number of carbonyl (C=O) groups excluding carboxylic acids is 3. The van der Waals surface area contributed by atoms with Gasteiger partial charge in [-0.3, -0.25) is 9.59 Å². The highest BCUT2D eigenvalue weighted by molar-refractivity contribution is 5.99. The number of rotatable bonds is 8. The molecule has 1 aliphatic carbocycles. The van der Waals surface area contributed by atoms with Crippen LogP contribution < -0.4 is 15.4 Å². The van der Waals surface area contributed by atoms with E-state index in [9.17, 15) is 24.3 Å². The van der Waals surface area contributed by atoms with E-state index < -0.39 is 23.7 Å². The maximum atomic E-state index is 13.9. The number of methoxy groups -OCH3 is 1. The van der Waals surface area contributed by atoms with E-state index in [1.807, 2.05) is 51.1 Å². The predicted octanol–water partition coefficient (Wildman–Crippen LogP) is 5.05. The normalized spacial score (nSPS) is 22.2. The Morgan fingerprint density at radius 2 is 1.67 bits per heavy atom. The van der Waals surface area contributed by atoms with Gasteiger partial charge in [-0.15, -0.1) is 0 Å². The Kier molecular flexibility index (Phi) is 9.75. The number of benzene rings is 2.